The molecule has 0 amide bonds. The summed E-state index contributed by atoms with van der Waals surface area (Å²) in [5.41, 5.74) is 6.60. The smallest absolute Gasteiger partial charge is 0.164 e. The lowest BCUT2D eigenvalue weighted by atomic mass is 9.83. The van der Waals surface area contributed by atoms with Gasteiger partial charge in [0.05, 0.1) is 7.11 Å². The van der Waals surface area contributed by atoms with E-state index in [2.05, 4.69) is 0 Å². The molecular formula is C14H21NO2. The maximum Gasteiger partial charge on any atom is 0.164 e. The van der Waals surface area contributed by atoms with Gasteiger partial charge in [-0.15, -0.1) is 0 Å². The maximum absolute atomic E-state index is 12.0. The molecule has 0 aliphatic rings. The molecule has 0 saturated carbocycles. The molecule has 1 aromatic rings. The Balaban J connectivity index is 2.76. The van der Waals surface area contributed by atoms with Crippen molar-refractivity contribution in [3.8, 4) is 5.75 Å². The molecule has 0 radical (unpaired) electrons. The number of ketones is 1. The van der Waals surface area contributed by atoms with E-state index in [-0.39, 0.29) is 17.2 Å². The SMILES string of the molecule is COc1cccc(C(=O)CC(N)C(C)(C)C)c1. The van der Waals surface area contributed by atoms with Crippen LogP contribution < -0.4 is 10.5 Å². The van der Waals surface area contributed by atoms with Gasteiger partial charge in [0, 0.05) is 18.0 Å². The number of nitrogens with two attached hydrogens (primary N) is 1. The topological polar surface area (TPSA) is 52.3 Å². The molecule has 0 bridgehead atoms. The van der Waals surface area contributed by atoms with Crippen LogP contribution in [0.15, 0.2) is 24.3 Å². The summed E-state index contributed by atoms with van der Waals surface area (Å²) in [5, 5.41) is 0. The number of benzene rings is 1. The van der Waals surface area contributed by atoms with Crippen LogP contribution in [0.5, 0.6) is 5.75 Å². The minimum Gasteiger partial charge on any atom is -0.497 e. The zero-order chi connectivity index (χ0) is 13.1. The molecule has 1 unspecified atom stereocenters. The van der Waals surface area contributed by atoms with E-state index in [4.69, 9.17) is 10.5 Å². The molecular weight excluding hydrogens is 214 g/mol. The monoisotopic (exact) mass is 235 g/mol. The van der Waals surface area contributed by atoms with Crippen molar-refractivity contribution < 1.29 is 9.53 Å². The highest BCUT2D eigenvalue weighted by Gasteiger charge is 2.23. The van der Waals surface area contributed by atoms with Crippen LogP contribution in [0.25, 0.3) is 0 Å². The van der Waals surface area contributed by atoms with Gasteiger partial charge < -0.3 is 10.5 Å². The number of ether oxygens (including phenoxy) is 1. The predicted molar refractivity (Wildman–Crippen MR) is 69.4 cm³/mol. The molecule has 17 heavy (non-hydrogen) atoms. The highest BCUT2D eigenvalue weighted by atomic mass is 16.5. The molecule has 2 N–H and O–H groups in total. The molecule has 1 atom stereocenters. The number of hydrogen-bond acceptors (Lipinski definition) is 3. The third kappa shape index (κ3) is 3.86. The van der Waals surface area contributed by atoms with Crippen LogP contribution in [0, 0.1) is 5.41 Å². The van der Waals surface area contributed by atoms with Crippen molar-refractivity contribution in [2.24, 2.45) is 11.1 Å². The Kier molecular flexibility index (Phi) is 4.29. The quantitative estimate of drug-likeness (QED) is 0.816. The van der Waals surface area contributed by atoms with Crippen molar-refractivity contribution in [1.82, 2.24) is 0 Å². The molecule has 0 aromatic heterocycles. The fourth-order valence-electron chi connectivity index (χ4n) is 1.42. The van der Waals surface area contributed by atoms with Crippen LogP contribution >= 0.6 is 0 Å². The molecule has 0 aliphatic heterocycles. The molecule has 3 nitrogen and oxygen atoms in total. The zero-order valence-electron chi connectivity index (χ0n) is 11.0. The minimum atomic E-state index is -0.138. The van der Waals surface area contributed by atoms with Crippen molar-refractivity contribution in [2.75, 3.05) is 7.11 Å². The summed E-state index contributed by atoms with van der Waals surface area (Å²) in [7, 11) is 1.59. The zero-order valence-corrected chi connectivity index (χ0v) is 11.0. The lowest BCUT2D eigenvalue weighted by Gasteiger charge is -2.26. The van der Waals surface area contributed by atoms with E-state index in [9.17, 15) is 4.79 Å². The molecule has 0 aliphatic carbocycles. The second-order valence-corrected chi connectivity index (χ2v) is 5.33. The number of Topliss-reactive ketones (excluding diaryl/α,β-unsaturated/α-hetero) is 1. The second-order valence-electron chi connectivity index (χ2n) is 5.33. The summed E-state index contributed by atoms with van der Waals surface area (Å²) >= 11 is 0. The molecule has 0 saturated heterocycles. The molecule has 0 heterocycles. The van der Waals surface area contributed by atoms with Crippen LogP contribution in [-0.2, 0) is 0 Å². The largest absolute Gasteiger partial charge is 0.497 e. The lowest BCUT2D eigenvalue weighted by molar-refractivity contribution is 0.0953. The first-order valence-electron chi connectivity index (χ1n) is 5.77. The number of hydrogen-bond donors (Lipinski definition) is 1. The predicted octanol–water partition coefficient (Wildman–Crippen LogP) is 2.64. The van der Waals surface area contributed by atoms with Crippen LogP contribution in [0.3, 0.4) is 0 Å². The summed E-state index contributed by atoms with van der Waals surface area (Å²) in [6, 6.07) is 7.04. The van der Waals surface area contributed by atoms with E-state index in [1.165, 1.54) is 0 Å². The Labute approximate surface area is 103 Å². The third-order valence-electron chi connectivity index (χ3n) is 2.91. The van der Waals surface area contributed by atoms with Crippen LogP contribution in [0.4, 0.5) is 0 Å². The normalized spacial score (nSPS) is 13.2. The van der Waals surface area contributed by atoms with Gasteiger partial charge in [-0.1, -0.05) is 32.9 Å². The first-order chi connectivity index (χ1) is 7.84. The number of carbonyl (C=O) groups excluding carboxylic acids is 1. The summed E-state index contributed by atoms with van der Waals surface area (Å²) in [6.07, 6.45) is 0.358. The molecule has 0 spiro atoms. The van der Waals surface area contributed by atoms with Crippen LogP contribution in [0.1, 0.15) is 37.6 Å². The summed E-state index contributed by atoms with van der Waals surface area (Å²) < 4.78 is 5.09. The van der Waals surface area contributed by atoms with Crippen LogP contribution in [0.2, 0.25) is 0 Å². The van der Waals surface area contributed by atoms with Gasteiger partial charge in [-0.25, -0.2) is 0 Å². The third-order valence-corrected chi connectivity index (χ3v) is 2.91. The number of carbonyl (C=O) groups is 1. The van der Waals surface area contributed by atoms with E-state index in [0.717, 1.165) is 0 Å². The van der Waals surface area contributed by atoms with Gasteiger partial charge in [-0.3, -0.25) is 4.79 Å². The van der Waals surface area contributed by atoms with Crippen LogP contribution in [-0.4, -0.2) is 18.9 Å². The summed E-state index contributed by atoms with van der Waals surface area (Å²) in [5.74, 6) is 0.756. The van der Waals surface area contributed by atoms with Gasteiger partial charge in [0.1, 0.15) is 5.75 Å². The van der Waals surface area contributed by atoms with Gasteiger partial charge in [0.2, 0.25) is 0 Å². The van der Waals surface area contributed by atoms with E-state index >= 15 is 0 Å². The van der Waals surface area contributed by atoms with E-state index in [1.54, 1.807) is 19.2 Å². The van der Waals surface area contributed by atoms with Gasteiger partial charge in [0.25, 0.3) is 0 Å². The maximum atomic E-state index is 12.0. The number of rotatable bonds is 4. The van der Waals surface area contributed by atoms with E-state index in [0.29, 0.717) is 17.7 Å². The Morgan fingerprint density at radius 3 is 2.59 bits per heavy atom. The van der Waals surface area contributed by atoms with Gasteiger partial charge >= 0.3 is 0 Å². The summed E-state index contributed by atoms with van der Waals surface area (Å²) in [4.78, 5) is 12.0. The molecule has 0 fully saturated rings. The van der Waals surface area contributed by atoms with Crippen molar-refractivity contribution in [3.63, 3.8) is 0 Å². The molecule has 1 rings (SSSR count). The number of methoxy groups -OCH3 is 1. The standard InChI is InChI=1S/C14H21NO2/c1-14(2,3)13(15)9-12(16)10-6-5-7-11(8-10)17-4/h5-8,13H,9,15H2,1-4H3. The fraction of sp³-hybridized carbons (Fsp3) is 0.500. The lowest BCUT2D eigenvalue weighted by Crippen LogP contribution is -2.36. The Hall–Kier alpha value is -1.35. The molecule has 3 heteroatoms. The van der Waals surface area contributed by atoms with Gasteiger partial charge in [-0.2, -0.15) is 0 Å². The second kappa shape index (κ2) is 5.32. The van der Waals surface area contributed by atoms with E-state index in [1.807, 2.05) is 32.9 Å². The Morgan fingerprint density at radius 1 is 1.41 bits per heavy atom. The Morgan fingerprint density at radius 2 is 2.06 bits per heavy atom. The highest BCUT2D eigenvalue weighted by molar-refractivity contribution is 5.96. The molecule has 1 aromatic carbocycles. The summed E-state index contributed by atoms with van der Waals surface area (Å²) in [6.45, 7) is 6.11. The van der Waals surface area contributed by atoms with Gasteiger partial charge in [0.15, 0.2) is 5.78 Å². The molecule has 94 valence electrons. The average Bonchev–Trinajstić information content (AvgIpc) is 2.27. The van der Waals surface area contributed by atoms with Crippen molar-refractivity contribution in [2.45, 2.75) is 33.2 Å². The Bertz CT molecular complexity index is 393. The van der Waals surface area contributed by atoms with Crippen molar-refractivity contribution in [1.29, 1.82) is 0 Å². The van der Waals surface area contributed by atoms with Crippen molar-refractivity contribution in [3.05, 3.63) is 29.8 Å². The average molecular weight is 235 g/mol. The first kappa shape index (κ1) is 13.7. The fourth-order valence-corrected chi connectivity index (χ4v) is 1.42. The van der Waals surface area contributed by atoms with Gasteiger partial charge in [-0.05, 0) is 17.5 Å². The van der Waals surface area contributed by atoms with E-state index < -0.39 is 0 Å². The highest BCUT2D eigenvalue weighted by Crippen LogP contribution is 2.22. The van der Waals surface area contributed by atoms with Crippen molar-refractivity contribution >= 4 is 5.78 Å². The minimum absolute atomic E-state index is 0.0610. The first-order valence-corrected chi connectivity index (χ1v) is 5.77.